The lowest BCUT2D eigenvalue weighted by Gasteiger charge is -2.15. The number of hydrogen-bond acceptors (Lipinski definition) is 4. The van der Waals surface area contributed by atoms with Crippen molar-refractivity contribution in [1.29, 1.82) is 0 Å². The Hall–Kier alpha value is -0.610. The van der Waals surface area contributed by atoms with Crippen LogP contribution >= 0.6 is 11.8 Å². The Morgan fingerprint density at radius 3 is 2.29 bits per heavy atom. The normalized spacial score (nSPS) is 12.8. The monoisotopic (exact) mass is 253 g/mol. The van der Waals surface area contributed by atoms with Gasteiger partial charge in [-0.3, -0.25) is 0 Å². The lowest BCUT2D eigenvalue weighted by atomic mass is 9.99. The van der Waals surface area contributed by atoms with Gasteiger partial charge in [0.15, 0.2) is 0 Å². The molecular weight excluding hydrogens is 230 g/mol. The number of nitrogens with one attached hydrogen (secondary N) is 1. The van der Waals surface area contributed by atoms with E-state index in [0.29, 0.717) is 5.92 Å². The third kappa shape index (κ3) is 4.28. The summed E-state index contributed by atoms with van der Waals surface area (Å²) in [4.78, 5) is 9.17. The van der Waals surface area contributed by atoms with E-state index in [9.17, 15) is 0 Å². The minimum absolute atomic E-state index is 0.618. The van der Waals surface area contributed by atoms with Crippen LogP contribution in [0, 0.1) is 19.8 Å². The number of aromatic nitrogens is 2. The molecule has 1 atom stereocenters. The van der Waals surface area contributed by atoms with Crippen molar-refractivity contribution < 1.29 is 0 Å². The fourth-order valence-electron chi connectivity index (χ4n) is 2.07. The predicted molar refractivity (Wildman–Crippen MR) is 75.5 cm³/mol. The highest BCUT2D eigenvalue weighted by molar-refractivity contribution is 7.97. The lowest BCUT2D eigenvalue weighted by molar-refractivity contribution is 0.536. The maximum atomic E-state index is 4.58. The first-order valence-corrected chi connectivity index (χ1v) is 7.44. The second kappa shape index (κ2) is 6.97. The van der Waals surface area contributed by atoms with Crippen LogP contribution in [0.2, 0.25) is 0 Å². The molecule has 0 aliphatic heterocycles. The standard InChI is InChI=1S/C13H23N3S/c1-9(7-14-4)6-12-10(2)15-13(8-17-5)16-11(12)3/h9,14H,6-8H2,1-5H3. The van der Waals surface area contributed by atoms with E-state index in [0.717, 1.165) is 35.9 Å². The van der Waals surface area contributed by atoms with Crippen LogP contribution < -0.4 is 5.32 Å². The number of thioether (sulfide) groups is 1. The van der Waals surface area contributed by atoms with Gasteiger partial charge in [0.1, 0.15) is 5.82 Å². The van der Waals surface area contributed by atoms with Crippen molar-refractivity contribution in [2.75, 3.05) is 19.8 Å². The molecule has 1 heterocycles. The lowest BCUT2D eigenvalue weighted by Crippen LogP contribution is -2.19. The molecule has 3 nitrogen and oxygen atoms in total. The fraction of sp³-hybridized carbons (Fsp3) is 0.692. The smallest absolute Gasteiger partial charge is 0.138 e. The molecule has 0 fully saturated rings. The summed E-state index contributed by atoms with van der Waals surface area (Å²) in [6, 6.07) is 0. The summed E-state index contributed by atoms with van der Waals surface area (Å²) >= 11 is 1.77. The SMILES string of the molecule is CNCC(C)Cc1c(C)nc(CSC)nc1C. The molecular formula is C13H23N3S. The van der Waals surface area contributed by atoms with E-state index in [4.69, 9.17) is 0 Å². The maximum Gasteiger partial charge on any atom is 0.138 e. The summed E-state index contributed by atoms with van der Waals surface area (Å²) in [5, 5.41) is 3.21. The van der Waals surface area contributed by atoms with Crippen molar-refractivity contribution in [2.24, 2.45) is 5.92 Å². The topological polar surface area (TPSA) is 37.8 Å². The Morgan fingerprint density at radius 1 is 1.24 bits per heavy atom. The molecule has 0 amide bonds. The van der Waals surface area contributed by atoms with Crippen LogP contribution in [0.5, 0.6) is 0 Å². The zero-order valence-corrected chi connectivity index (χ0v) is 12.3. The quantitative estimate of drug-likeness (QED) is 0.844. The van der Waals surface area contributed by atoms with E-state index < -0.39 is 0 Å². The summed E-state index contributed by atoms with van der Waals surface area (Å²) in [6.07, 6.45) is 3.13. The van der Waals surface area contributed by atoms with Crippen molar-refractivity contribution >= 4 is 11.8 Å². The van der Waals surface area contributed by atoms with Crippen molar-refractivity contribution in [1.82, 2.24) is 15.3 Å². The second-order valence-electron chi connectivity index (χ2n) is 4.59. The van der Waals surface area contributed by atoms with Crippen LogP contribution in [-0.2, 0) is 12.2 Å². The summed E-state index contributed by atoms with van der Waals surface area (Å²) in [5.41, 5.74) is 3.60. The van der Waals surface area contributed by atoms with Gasteiger partial charge in [0.2, 0.25) is 0 Å². The summed E-state index contributed by atoms with van der Waals surface area (Å²) in [7, 11) is 1.99. The molecule has 1 N–H and O–H groups in total. The highest BCUT2D eigenvalue weighted by Crippen LogP contribution is 2.16. The van der Waals surface area contributed by atoms with E-state index in [1.807, 2.05) is 7.05 Å². The molecule has 4 heteroatoms. The van der Waals surface area contributed by atoms with Gasteiger partial charge in [-0.25, -0.2) is 9.97 Å². The summed E-state index contributed by atoms with van der Waals surface area (Å²) < 4.78 is 0. The molecule has 0 spiro atoms. The minimum Gasteiger partial charge on any atom is -0.319 e. The third-order valence-corrected chi connectivity index (χ3v) is 3.39. The van der Waals surface area contributed by atoms with Crippen molar-refractivity contribution in [3.63, 3.8) is 0 Å². The van der Waals surface area contributed by atoms with Crippen LogP contribution in [-0.4, -0.2) is 29.8 Å². The van der Waals surface area contributed by atoms with Gasteiger partial charge in [0.05, 0.1) is 5.75 Å². The van der Waals surface area contributed by atoms with Crippen molar-refractivity contribution in [3.05, 3.63) is 22.8 Å². The van der Waals surface area contributed by atoms with Gasteiger partial charge in [-0.1, -0.05) is 6.92 Å². The molecule has 17 heavy (non-hydrogen) atoms. The number of rotatable bonds is 6. The van der Waals surface area contributed by atoms with Gasteiger partial charge in [-0.2, -0.15) is 11.8 Å². The first kappa shape index (κ1) is 14.5. The van der Waals surface area contributed by atoms with Crippen LogP contribution in [0.1, 0.15) is 29.7 Å². The Balaban J connectivity index is 2.85. The van der Waals surface area contributed by atoms with E-state index in [2.05, 4.69) is 42.3 Å². The van der Waals surface area contributed by atoms with Gasteiger partial charge in [-0.15, -0.1) is 0 Å². The molecule has 1 rings (SSSR count). The Labute approximate surface area is 109 Å². The molecule has 0 aromatic carbocycles. The van der Waals surface area contributed by atoms with E-state index in [-0.39, 0.29) is 0 Å². The molecule has 0 saturated heterocycles. The average molecular weight is 253 g/mol. The minimum atomic E-state index is 0.618. The highest BCUT2D eigenvalue weighted by Gasteiger charge is 2.11. The zero-order valence-electron chi connectivity index (χ0n) is 11.5. The van der Waals surface area contributed by atoms with E-state index >= 15 is 0 Å². The van der Waals surface area contributed by atoms with Crippen LogP contribution in [0.4, 0.5) is 0 Å². The number of nitrogens with zero attached hydrogens (tertiary/aromatic N) is 2. The van der Waals surface area contributed by atoms with Crippen molar-refractivity contribution in [3.8, 4) is 0 Å². The molecule has 1 unspecified atom stereocenters. The van der Waals surface area contributed by atoms with E-state index in [1.54, 1.807) is 11.8 Å². The fourth-order valence-corrected chi connectivity index (χ4v) is 2.45. The van der Waals surface area contributed by atoms with Gasteiger partial charge in [0.25, 0.3) is 0 Å². The molecule has 0 aliphatic rings. The maximum absolute atomic E-state index is 4.58. The van der Waals surface area contributed by atoms with Crippen LogP contribution in [0.25, 0.3) is 0 Å². The molecule has 0 bridgehead atoms. The van der Waals surface area contributed by atoms with Gasteiger partial charge in [0, 0.05) is 11.4 Å². The van der Waals surface area contributed by atoms with Gasteiger partial charge in [-0.05, 0) is 51.6 Å². The second-order valence-corrected chi connectivity index (χ2v) is 5.46. The molecule has 0 aliphatic carbocycles. The first-order chi connectivity index (χ1) is 8.08. The zero-order chi connectivity index (χ0) is 12.8. The first-order valence-electron chi connectivity index (χ1n) is 6.05. The molecule has 1 aromatic heterocycles. The number of aryl methyl sites for hydroxylation is 2. The third-order valence-electron chi connectivity index (χ3n) is 2.85. The molecule has 0 saturated carbocycles. The summed E-state index contributed by atoms with van der Waals surface area (Å²) in [6.45, 7) is 7.48. The molecule has 1 aromatic rings. The van der Waals surface area contributed by atoms with Gasteiger partial charge < -0.3 is 5.32 Å². The largest absolute Gasteiger partial charge is 0.319 e. The van der Waals surface area contributed by atoms with E-state index in [1.165, 1.54) is 5.56 Å². The average Bonchev–Trinajstić information content (AvgIpc) is 2.24. The van der Waals surface area contributed by atoms with Crippen LogP contribution in [0.3, 0.4) is 0 Å². The molecule has 0 radical (unpaired) electrons. The number of hydrogen-bond donors (Lipinski definition) is 1. The Kier molecular flexibility index (Phi) is 5.92. The summed E-state index contributed by atoms with van der Waals surface area (Å²) in [5.74, 6) is 2.47. The van der Waals surface area contributed by atoms with Gasteiger partial charge >= 0.3 is 0 Å². The molecule has 96 valence electrons. The predicted octanol–water partition coefficient (Wildman–Crippen LogP) is 2.35. The Morgan fingerprint density at radius 2 is 1.82 bits per heavy atom. The Bertz CT molecular complexity index is 343. The highest BCUT2D eigenvalue weighted by atomic mass is 32.2. The van der Waals surface area contributed by atoms with Crippen molar-refractivity contribution in [2.45, 2.75) is 32.9 Å². The van der Waals surface area contributed by atoms with Crippen LogP contribution in [0.15, 0.2) is 0 Å².